The lowest BCUT2D eigenvalue weighted by Crippen LogP contribution is -2.57. The van der Waals surface area contributed by atoms with Gasteiger partial charge in [0, 0.05) is 23.7 Å². The van der Waals surface area contributed by atoms with E-state index in [2.05, 4.69) is 10.6 Å². The molecule has 0 spiro atoms. The summed E-state index contributed by atoms with van der Waals surface area (Å²) in [5, 5.41) is 17.2. The topological polar surface area (TPSA) is 84.3 Å². The van der Waals surface area contributed by atoms with Gasteiger partial charge in [0.15, 0.2) is 5.11 Å². The minimum Gasteiger partial charge on any atom is -0.359 e. The van der Waals surface area contributed by atoms with Crippen LogP contribution >= 0.6 is 12.2 Å². The number of rotatable bonds is 3. The minimum absolute atomic E-state index is 0.104. The molecule has 5 rings (SSSR count). The van der Waals surface area contributed by atoms with Crippen molar-refractivity contribution in [3.63, 3.8) is 0 Å². The number of carbonyl (C=O) groups excluding carboxylic acids is 1. The van der Waals surface area contributed by atoms with Crippen LogP contribution in [0.25, 0.3) is 0 Å². The third-order valence-electron chi connectivity index (χ3n) is 6.07. The molecule has 4 aliphatic rings. The van der Waals surface area contributed by atoms with Gasteiger partial charge in [-0.3, -0.25) is 20.2 Å². The summed E-state index contributed by atoms with van der Waals surface area (Å²) >= 11 is 5.34. The Balaban J connectivity index is 1.38. The smallest absolute Gasteiger partial charge is 0.270 e. The van der Waals surface area contributed by atoms with E-state index < -0.39 is 10.8 Å². The number of hydrogen-bond donors (Lipinski definition) is 2. The lowest BCUT2D eigenvalue weighted by Gasteiger charge is -2.54. The lowest BCUT2D eigenvalue weighted by molar-refractivity contribution is -0.384. The van der Waals surface area contributed by atoms with Crippen molar-refractivity contribution in [2.24, 2.45) is 23.7 Å². The first-order valence-electron chi connectivity index (χ1n) is 8.86. The van der Waals surface area contributed by atoms with Crippen molar-refractivity contribution in [3.05, 3.63) is 39.9 Å². The first kappa shape index (κ1) is 16.4. The van der Waals surface area contributed by atoms with Crippen LogP contribution in [-0.4, -0.2) is 22.0 Å². The highest BCUT2D eigenvalue weighted by atomic mass is 32.1. The van der Waals surface area contributed by atoms with E-state index in [1.54, 1.807) is 6.07 Å². The van der Waals surface area contributed by atoms with Crippen molar-refractivity contribution < 1.29 is 9.72 Å². The molecule has 0 heterocycles. The maximum atomic E-state index is 12.3. The van der Waals surface area contributed by atoms with Gasteiger partial charge in [-0.25, -0.2) is 0 Å². The van der Waals surface area contributed by atoms with Gasteiger partial charge in [0.25, 0.3) is 11.6 Å². The Hall–Kier alpha value is -2.02. The van der Waals surface area contributed by atoms with Crippen LogP contribution in [0, 0.1) is 33.8 Å². The fraction of sp³-hybridized carbons (Fsp3) is 0.556. The van der Waals surface area contributed by atoms with Gasteiger partial charge in [0.2, 0.25) is 0 Å². The molecule has 0 unspecified atom stereocenters. The Morgan fingerprint density at radius 3 is 2.36 bits per heavy atom. The molecule has 0 aliphatic heterocycles. The van der Waals surface area contributed by atoms with Gasteiger partial charge in [0.05, 0.1) is 4.92 Å². The zero-order valence-corrected chi connectivity index (χ0v) is 14.6. The molecule has 1 amide bonds. The predicted octanol–water partition coefficient (Wildman–Crippen LogP) is 3.02. The average molecular weight is 359 g/mol. The molecule has 0 saturated heterocycles. The Morgan fingerprint density at radius 2 is 1.76 bits per heavy atom. The molecule has 6 nitrogen and oxygen atoms in total. The number of nitro benzene ring substituents is 1. The number of nitrogens with zero attached hydrogens (tertiary/aromatic N) is 1. The molecular weight excluding hydrogens is 338 g/mol. The van der Waals surface area contributed by atoms with Crippen molar-refractivity contribution in [2.75, 3.05) is 0 Å². The largest absolute Gasteiger partial charge is 0.359 e. The SMILES string of the molecule is O=C(NC(=S)NC1C2CC3CC(C2)CC1C3)c1cccc([N+](=O)[O-])c1. The number of benzene rings is 1. The van der Waals surface area contributed by atoms with Crippen molar-refractivity contribution in [3.8, 4) is 0 Å². The van der Waals surface area contributed by atoms with E-state index in [1.165, 1.54) is 50.3 Å². The highest BCUT2D eigenvalue weighted by molar-refractivity contribution is 7.80. The average Bonchev–Trinajstić information content (AvgIpc) is 2.57. The number of carbonyl (C=O) groups is 1. The predicted molar refractivity (Wildman–Crippen MR) is 97.1 cm³/mol. The van der Waals surface area contributed by atoms with Crippen LogP contribution < -0.4 is 10.6 Å². The van der Waals surface area contributed by atoms with E-state index in [0.717, 1.165) is 11.8 Å². The molecule has 0 atom stereocenters. The second-order valence-electron chi connectivity index (χ2n) is 7.69. The van der Waals surface area contributed by atoms with Crippen molar-refractivity contribution in [2.45, 2.75) is 38.1 Å². The summed E-state index contributed by atoms with van der Waals surface area (Å²) in [4.78, 5) is 22.6. The standard InChI is InChI=1S/C18H21N3O3S/c22-17(12-2-1-3-15(9-12)21(23)24)20-18(25)19-16-13-5-10-4-11(7-13)8-14(16)6-10/h1-3,9-11,13-14,16H,4-8H2,(H2,19,20,22,25). The molecular formula is C18H21N3O3S. The summed E-state index contributed by atoms with van der Waals surface area (Å²) in [5.41, 5.74) is 0.135. The fourth-order valence-corrected chi connectivity index (χ4v) is 5.51. The third-order valence-corrected chi connectivity index (χ3v) is 6.29. The minimum atomic E-state index is -0.512. The number of nitro groups is 1. The first-order valence-corrected chi connectivity index (χ1v) is 9.26. The highest BCUT2D eigenvalue weighted by Crippen LogP contribution is 2.53. The number of non-ortho nitro benzene ring substituents is 1. The van der Waals surface area contributed by atoms with Gasteiger partial charge in [-0.15, -0.1) is 0 Å². The maximum Gasteiger partial charge on any atom is 0.270 e. The van der Waals surface area contributed by atoms with Crippen LogP contribution in [0.1, 0.15) is 42.5 Å². The molecule has 132 valence electrons. The highest BCUT2D eigenvalue weighted by Gasteiger charge is 2.48. The summed E-state index contributed by atoms with van der Waals surface area (Å²) in [7, 11) is 0. The van der Waals surface area contributed by atoms with Crippen LogP contribution in [-0.2, 0) is 0 Å². The van der Waals surface area contributed by atoms with Crippen LogP contribution in [0.5, 0.6) is 0 Å². The van der Waals surface area contributed by atoms with E-state index in [-0.39, 0.29) is 11.3 Å². The van der Waals surface area contributed by atoms with Crippen molar-refractivity contribution in [1.29, 1.82) is 0 Å². The van der Waals surface area contributed by atoms with Gasteiger partial charge in [-0.05, 0) is 74.1 Å². The number of thiocarbonyl (C=S) groups is 1. The molecule has 0 aromatic heterocycles. The maximum absolute atomic E-state index is 12.3. The summed E-state index contributed by atoms with van der Waals surface area (Å²) < 4.78 is 0. The second kappa shape index (κ2) is 6.37. The molecule has 4 aliphatic carbocycles. The summed E-state index contributed by atoms with van der Waals surface area (Å²) in [6.45, 7) is 0. The summed E-state index contributed by atoms with van der Waals surface area (Å²) in [6.07, 6.45) is 6.48. The molecule has 7 heteroatoms. The monoisotopic (exact) mass is 359 g/mol. The summed E-state index contributed by atoms with van der Waals surface area (Å²) in [5.74, 6) is 2.67. The Labute approximate surface area is 151 Å². The van der Waals surface area contributed by atoms with Gasteiger partial charge in [-0.2, -0.15) is 0 Å². The van der Waals surface area contributed by atoms with Crippen LogP contribution in [0.3, 0.4) is 0 Å². The molecule has 25 heavy (non-hydrogen) atoms. The van der Waals surface area contributed by atoms with Gasteiger partial charge < -0.3 is 5.32 Å². The molecule has 4 saturated carbocycles. The van der Waals surface area contributed by atoms with Crippen molar-refractivity contribution in [1.82, 2.24) is 10.6 Å². The zero-order chi connectivity index (χ0) is 17.6. The molecule has 1 aromatic carbocycles. The van der Waals surface area contributed by atoms with Crippen LogP contribution in [0.4, 0.5) is 5.69 Å². The molecule has 4 bridgehead atoms. The van der Waals surface area contributed by atoms with Crippen LogP contribution in [0.15, 0.2) is 24.3 Å². The number of hydrogen-bond acceptors (Lipinski definition) is 4. The van der Waals surface area contributed by atoms with E-state index in [4.69, 9.17) is 12.2 Å². The quantitative estimate of drug-likeness (QED) is 0.492. The first-order chi connectivity index (χ1) is 12.0. The number of amides is 1. The van der Waals surface area contributed by atoms with Gasteiger partial charge in [0.1, 0.15) is 0 Å². The Morgan fingerprint density at radius 1 is 1.12 bits per heavy atom. The van der Waals surface area contributed by atoms with E-state index in [9.17, 15) is 14.9 Å². The number of nitrogens with one attached hydrogen (secondary N) is 2. The van der Waals surface area contributed by atoms with Gasteiger partial charge >= 0.3 is 0 Å². The lowest BCUT2D eigenvalue weighted by atomic mass is 9.54. The molecule has 0 radical (unpaired) electrons. The Bertz CT molecular complexity index is 708. The van der Waals surface area contributed by atoms with E-state index in [0.29, 0.717) is 23.0 Å². The van der Waals surface area contributed by atoms with Gasteiger partial charge in [-0.1, -0.05) is 6.07 Å². The van der Waals surface area contributed by atoms with Crippen LogP contribution in [0.2, 0.25) is 0 Å². The zero-order valence-electron chi connectivity index (χ0n) is 13.8. The summed E-state index contributed by atoms with van der Waals surface area (Å²) in [6, 6.07) is 6.03. The second-order valence-corrected chi connectivity index (χ2v) is 8.10. The van der Waals surface area contributed by atoms with Crippen molar-refractivity contribution >= 4 is 28.9 Å². The van der Waals surface area contributed by atoms with E-state index in [1.807, 2.05) is 0 Å². The Kier molecular flexibility index (Phi) is 4.19. The molecule has 2 N–H and O–H groups in total. The molecule has 4 fully saturated rings. The van der Waals surface area contributed by atoms with E-state index >= 15 is 0 Å². The fourth-order valence-electron chi connectivity index (χ4n) is 5.28. The third kappa shape index (κ3) is 3.25. The normalized spacial score (nSPS) is 32.2. The molecule has 1 aromatic rings.